The number of anilines is 1. The fraction of sp³-hybridized carbons (Fsp3) is 0.0667. The third-order valence-corrected chi connectivity index (χ3v) is 3.98. The SMILES string of the molecule is NC(=O)c1csc(CNc2ccccc2-n2cccn2)c1. The number of nitrogens with two attached hydrogens (primary N) is 1. The van der Waals surface area contributed by atoms with Gasteiger partial charge in [-0.1, -0.05) is 12.1 Å². The van der Waals surface area contributed by atoms with E-state index in [1.54, 1.807) is 11.6 Å². The van der Waals surface area contributed by atoms with Gasteiger partial charge < -0.3 is 11.1 Å². The number of hydrogen-bond donors (Lipinski definition) is 2. The summed E-state index contributed by atoms with van der Waals surface area (Å²) in [6.07, 6.45) is 3.64. The molecule has 3 aromatic rings. The quantitative estimate of drug-likeness (QED) is 0.760. The molecule has 5 nitrogen and oxygen atoms in total. The van der Waals surface area contributed by atoms with Crippen LogP contribution >= 0.6 is 11.3 Å². The van der Waals surface area contributed by atoms with Gasteiger partial charge in [0.2, 0.25) is 5.91 Å². The summed E-state index contributed by atoms with van der Waals surface area (Å²) >= 11 is 1.51. The van der Waals surface area contributed by atoms with Crippen LogP contribution in [0.3, 0.4) is 0 Å². The number of nitrogens with one attached hydrogen (secondary N) is 1. The minimum absolute atomic E-state index is 0.394. The van der Waals surface area contributed by atoms with Gasteiger partial charge in [-0.3, -0.25) is 4.79 Å². The third kappa shape index (κ3) is 2.95. The predicted molar refractivity (Wildman–Crippen MR) is 83.7 cm³/mol. The summed E-state index contributed by atoms with van der Waals surface area (Å²) in [7, 11) is 0. The molecule has 21 heavy (non-hydrogen) atoms. The Labute approximate surface area is 126 Å². The van der Waals surface area contributed by atoms with E-state index in [-0.39, 0.29) is 0 Å². The van der Waals surface area contributed by atoms with Crippen LogP contribution in [-0.4, -0.2) is 15.7 Å². The minimum Gasteiger partial charge on any atom is -0.378 e. The summed E-state index contributed by atoms with van der Waals surface area (Å²) in [5.41, 5.74) is 7.77. The van der Waals surface area contributed by atoms with Gasteiger partial charge in [0.25, 0.3) is 0 Å². The number of benzene rings is 1. The number of rotatable bonds is 5. The molecule has 0 spiro atoms. The van der Waals surface area contributed by atoms with Crippen LogP contribution in [0.25, 0.3) is 5.69 Å². The van der Waals surface area contributed by atoms with Gasteiger partial charge in [-0.15, -0.1) is 11.3 Å². The van der Waals surface area contributed by atoms with E-state index in [4.69, 9.17) is 5.73 Å². The largest absolute Gasteiger partial charge is 0.378 e. The Bertz CT molecular complexity index is 749. The first-order valence-corrected chi connectivity index (χ1v) is 7.32. The van der Waals surface area contributed by atoms with E-state index in [0.717, 1.165) is 16.3 Å². The van der Waals surface area contributed by atoms with Crippen LogP contribution in [0.15, 0.2) is 54.2 Å². The normalized spacial score (nSPS) is 10.5. The van der Waals surface area contributed by atoms with Crippen molar-refractivity contribution in [2.45, 2.75) is 6.54 Å². The van der Waals surface area contributed by atoms with Crippen LogP contribution in [0.4, 0.5) is 5.69 Å². The Kier molecular flexibility index (Phi) is 3.70. The van der Waals surface area contributed by atoms with Crippen molar-refractivity contribution >= 4 is 22.9 Å². The van der Waals surface area contributed by atoms with Crippen molar-refractivity contribution in [3.05, 3.63) is 64.6 Å². The van der Waals surface area contributed by atoms with Crippen LogP contribution in [0.1, 0.15) is 15.2 Å². The van der Waals surface area contributed by atoms with Gasteiger partial charge in [0.15, 0.2) is 0 Å². The van der Waals surface area contributed by atoms with Crippen molar-refractivity contribution in [1.29, 1.82) is 0 Å². The molecule has 0 saturated carbocycles. The second-order valence-corrected chi connectivity index (χ2v) is 5.48. The Morgan fingerprint density at radius 3 is 2.90 bits per heavy atom. The highest BCUT2D eigenvalue weighted by Crippen LogP contribution is 2.21. The Morgan fingerprint density at radius 2 is 2.19 bits per heavy atom. The van der Waals surface area contributed by atoms with Gasteiger partial charge in [-0.2, -0.15) is 5.10 Å². The van der Waals surface area contributed by atoms with E-state index in [9.17, 15) is 4.79 Å². The van der Waals surface area contributed by atoms with E-state index in [0.29, 0.717) is 12.1 Å². The predicted octanol–water partition coefficient (Wildman–Crippen LogP) is 2.64. The first-order chi connectivity index (χ1) is 10.2. The topological polar surface area (TPSA) is 72.9 Å². The number of hydrogen-bond acceptors (Lipinski definition) is 4. The monoisotopic (exact) mass is 298 g/mol. The summed E-state index contributed by atoms with van der Waals surface area (Å²) in [5, 5.41) is 9.39. The average molecular weight is 298 g/mol. The van der Waals surface area contributed by atoms with Crippen LogP contribution in [0.5, 0.6) is 0 Å². The maximum atomic E-state index is 11.1. The lowest BCUT2D eigenvalue weighted by atomic mass is 10.2. The van der Waals surface area contributed by atoms with Crippen molar-refractivity contribution in [3.8, 4) is 5.69 Å². The van der Waals surface area contributed by atoms with Gasteiger partial charge in [0, 0.05) is 29.2 Å². The molecule has 1 amide bonds. The highest BCUT2D eigenvalue weighted by atomic mass is 32.1. The summed E-state index contributed by atoms with van der Waals surface area (Å²) < 4.78 is 1.81. The first kappa shape index (κ1) is 13.4. The molecule has 0 aliphatic carbocycles. The molecule has 0 unspecified atom stereocenters. The number of nitrogens with zero attached hydrogens (tertiary/aromatic N) is 2. The molecule has 0 aliphatic heterocycles. The van der Waals surface area contributed by atoms with Crippen LogP contribution in [0.2, 0.25) is 0 Å². The Morgan fingerprint density at radius 1 is 1.33 bits per heavy atom. The lowest BCUT2D eigenvalue weighted by Gasteiger charge is -2.11. The molecular weight excluding hydrogens is 284 g/mol. The van der Waals surface area contributed by atoms with Crippen molar-refractivity contribution < 1.29 is 4.79 Å². The molecule has 0 bridgehead atoms. The number of primary amides is 1. The second kappa shape index (κ2) is 5.80. The Balaban J connectivity index is 1.77. The highest BCUT2D eigenvalue weighted by molar-refractivity contribution is 7.10. The van der Waals surface area contributed by atoms with E-state index in [2.05, 4.69) is 10.4 Å². The minimum atomic E-state index is -0.394. The van der Waals surface area contributed by atoms with Crippen molar-refractivity contribution in [1.82, 2.24) is 9.78 Å². The fourth-order valence-corrected chi connectivity index (χ4v) is 2.83. The van der Waals surface area contributed by atoms with Gasteiger partial charge >= 0.3 is 0 Å². The second-order valence-electron chi connectivity index (χ2n) is 4.49. The smallest absolute Gasteiger partial charge is 0.249 e. The lowest BCUT2D eigenvalue weighted by Crippen LogP contribution is -2.09. The molecule has 6 heteroatoms. The maximum Gasteiger partial charge on any atom is 0.249 e. The zero-order valence-corrected chi connectivity index (χ0v) is 12.0. The van der Waals surface area contributed by atoms with Gasteiger partial charge in [-0.05, 0) is 24.3 Å². The van der Waals surface area contributed by atoms with E-state index in [1.165, 1.54) is 11.3 Å². The van der Waals surface area contributed by atoms with Gasteiger partial charge in [0.1, 0.15) is 0 Å². The molecular formula is C15H14N4OS. The van der Waals surface area contributed by atoms with Crippen LogP contribution in [0, 0.1) is 0 Å². The molecule has 2 aromatic heterocycles. The number of carbonyl (C=O) groups is 1. The summed E-state index contributed by atoms with van der Waals surface area (Å²) in [6, 6.07) is 11.6. The van der Waals surface area contributed by atoms with E-state index < -0.39 is 5.91 Å². The molecule has 1 aromatic carbocycles. The molecule has 0 fully saturated rings. The summed E-state index contributed by atoms with van der Waals surface area (Å²) in [5.74, 6) is -0.394. The molecule has 106 valence electrons. The number of carbonyl (C=O) groups excluding carboxylic acids is 1. The average Bonchev–Trinajstić information content (AvgIpc) is 3.17. The van der Waals surface area contributed by atoms with Gasteiger partial charge in [0.05, 0.1) is 16.9 Å². The molecule has 0 saturated heterocycles. The zero-order chi connectivity index (χ0) is 14.7. The van der Waals surface area contributed by atoms with Crippen LogP contribution in [-0.2, 0) is 6.54 Å². The van der Waals surface area contributed by atoms with Crippen LogP contribution < -0.4 is 11.1 Å². The summed E-state index contributed by atoms with van der Waals surface area (Å²) in [6.45, 7) is 0.635. The third-order valence-electron chi connectivity index (χ3n) is 3.05. The van der Waals surface area contributed by atoms with E-state index >= 15 is 0 Å². The molecule has 3 rings (SSSR count). The van der Waals surface area contributed by atoms with Crippen molar-refractivity contribution in [2.24, 2.45) is 5.73 Å². The molecule has 0 atom stereocenters. The number of para-hydroxylation sites is 2. The summed E-state index contributed by atoms with van der Waals surface area (Å²) in [4.78, 5) is 12.1. The van der Waals surface area contributed by atoms with Crippen molar-refractivity contribution in [3.63, 3.8) is 0 Å². The first-order valence-electron chi connectivity index (χ1n) is 6.44. The number of thiophene rings is 1. The van der Waals surface area contributed by atoms with E-state index in [1.807, 2.05) is 47.3 Å². The fourth-order valence-electron chi connectivity index (χ4n) is 2.02. The number of amides is 1. The molecule has 0 aliphatic rings. The highest BCUT2D eigenvalue weighted by Gasteiger charge is 2.07. The molecule has 3 N–H and O–H groups in total. The standard InChI is InChI=1S/C15H14N4OS/c16-15(20)11-8-12(21-10-11)9-17-13-4-1-2-5-14(13)19-7-3-6-18-19/h1-8,10,17H,9H2,(H2,16,20). The van der Waals surface area contributed by atoms with Gasteiger partial charge in [-0.25, -0.2) is 4.68 Å². The molecule has 0 radical (unpaired) electrons. The molecule has 2 heterocycles. The maximum absolute atomic E-state index is 11.1. The Hall–Kier alpha value is -2.60. The van der Waals surface area contributed by atoms with Crippen molar-refractivity contribution in [2.75, 3.05) is 5.32 Å². The zero-order valence-electron chi connectivity index (χ0n) is 11.2. The number of aromatic nitrogens is 2. The lowest BCUT2D eigenvalue weighted by molar-refractivity contribution is 0.100.